The summed E-state index contributed by atoms with van der Waals surface area (Å²) in [6.45, 7) is 2.46. The first-order chi connectivity index (χ1) is 4.95. The highest BCUT2D eigenvalue weighted by atomic mass is 15.5. The Balaban J connectivity index is 2.06. The SMILES string of the molecule is C1=C\NN2CCC(C/1)CC2. The highest BCUT2D eigenvalue weighted by molar-refractivity contribution is 4.87. The maximum absolute atomic E-state index is 3.26. The minimum Gasteiger partial charge on any atom is -0.326 e. The Kier molecular flexibility index (Phi) is 1.63. The van der Waals surface area contributed by atoms with E-state index in [0.29, 0.717) is 0 Å². The Morgan fingerprint density at radius 1 is 1.30 bits per heavy atom. The van der Waals surface area contributed by atoms with Crippen molar-refractivity contribution in [2.24, 2.45) is 5.92 Å². The molecule has 0 aromatic heterocycles. The molecule has 2 nitrogen and oxygen atoms in total. The number of nitrogens with one attached hydrogen (secondary N) is 1. The minimum absolute atomic E-state index is 0.967. The summed E-state index contributed by atoms with van der Waals surface area (Å²) in [7, 11) is 0. The van der Waals surface area contributed by atoms with E-state index in [2.05, 4.69) is 22.7 Å². The van der Waals surface area contributed by atoms with E-state index in [1.54, 1.807) is 0 Å². The third-order valence-electron chi connectivity index (χ3n) is 2.46. The molecule has 0 amide bonds. The molecule has 0 aromatic carbocycles. The van der Waals surface area contributed by atoms with Crippen molar-refractivity contribution >= 4 is 0 Å². The van der Waals surface area contributed by atoms with Crippen molar-refractivity contribution in [2.45, 2.75) is 19.3 Å². The summed E-state index contributed by atoms with van der Waals surface area (Å²) < 4.78 is 0. The maximum atomic E-state index is 3.26. The van der Waals surface area contributed by atoms with Gasteiger partial charge in [-0.3, -0.25) is 0 Å². The molecule has 56 valence electrons. The molecular formula is C8H14N2. The second kappa shape index (κ2) is 2.62. The van der Waals surface area contributed by atoms with Crippen LogP contribution in [0.2, 0.25) is 0 Å². The molecule has 3 aliphatic rings. The number of hydrazine groups is 1. The van der Waals surface area contributed by atoms with Gasteiger partial charge in [-0.2, -0.15) is 0 Å². The van der Waals surface area contributed by atoms with Crippen LogP contribution in [0.15, 0.2) is 12.3 Å². The van der Waals surface area contributed by atoms with E-state index >= 15 is 0 Å². The molecule has 1 N–H and O–H groups in total. The lowest BCUT2D eigenvalue weighted by Gasteiger charge is -2.33. The molecule has 1 fully saturated rings. The topological polar surface area (TPSA) is 15.3 Å². The molecule has 1 saturated heterocycles. The smallest absolute Gasteiger partial charge is 0.0181 e. The van der Waals surface area contributed by atoms with Crippen molar-refractivity contribution in [3.8, 4) is 0 Å². The number of piperidine rings is 1. The molecule has 0 unspecified atom stereocenters. The van der Waals surface area contributed by atoms with Crippen molar-refractivity contribution in [2.75, 3.05) is 13.1 Å². The Bertz CT molecular complexity index is 118. The van der Waals surface area contributed by atoms with Crippen molar-refractivity contribution < 1.29 is 0 Å². The van der Waals surface area contributed by atoms with E-state index in [4.69, 9.17) is 0 Å². The number of hydrogen-bond donors (Lipinski definition) is 1. The molecule has 3 aliphatic heterocycles. The van der Waals surface area contributed by atoms with Crippen LogP contribution in [-0.4, -0.2) is 18.1 Å². The largest absolute Gasteiger partial charge is 0.326 e. The number of allylic oxidation sites excluding steroid dienone is 1. The molecule has 3 heterocycles. The van der Waals surface area contributed by atoms with E-state index < -0.39 is 0 Å². The molecule has 3 rings (SSSR count). The second-order valence-electron chi connectivity index (χ2n) is 3.20. The van der Waals surface area contributed by atoms with Gasteiger partial charge < -0.3 is 5.43 Å². The average molecular weight is 138 g/mol. The highest BCUT2D eigenvalue weighted by Gasteiger charge is 2.18. The molecule has 2 heteroatoms. The van der Waals surface area contributed by atoms with Gasteiger partial charge in [0.1, 0.15) is 0 Å². The van der Waals surface area contributed by atoms with Crippen LogP contribution in [0.4, 0.5) is 0 Å². The molecule has 0 aromatic rings. The minimum atomic E-state index is 0.967. The fraction of sp³-hybridized carbons (Fsp3) is 0.750. The van der Waals surface area contributed by atoms with Gasteiger partial charge in [0.25, 0.3) is 0 Å². The van der Waals surface area contributed by atoms with Gasteiger partial charge >= 0.3 is 0 Å². The molecule has 0 aliphatic carbocycles. The van der Waals surface area contributed by atoms with Crippen LogP contribution in [0.1, 0.15) is 19.3 Å². The molecule has 10 heavy (non-hydrogen) atoms. The Morgan fingerprint density at radius 3 is 2.90 bits per heavy atom. The first-order valence-corrected chi connectivity index (χ1v) is 4.11. The van der Waals surface area contributed by atoms with Crippen LogP contribution in [0.25, 0.3) is 0 Å². The monoisotopic (exact) mass is 138 g/mol. The Morgan fingerprint density at radius 2 is 2.10 bits per heavy atom. The summed E-state index contributed by atoms with van der Waals surface area (Å²) in [4.78, 5) is 0. The van der Waals surface area contributed by atoms with Crippen molar-refractivity contribution in [1.29, 1.82) is 0 Å². The lowest BCUT2D eigenvalue weighted by Crippen LogP contribution is -2.42. The van der Waals surface area contributed by atoms with Gasteiger partial charge in [-0.15, -0.1) is 0 Å². The van der Waals surface area contributed by atoms with Crippen molar-refractivity contribution in [1.82, 2.24) is 10.4 Å². The molecule has 2 bridgehead atoms. The van der Waals surface area contributed by atoms with Crippen molar-refractivity contribution in [3.63, 3.8) is 0 Å². The van der Waals surface area contributed by atoms with E-state index in [1.807, 2.05) is 0 Å². The third-order valence-corrected chi connectivity index (χ3v) is 2.46. The number of hydrogen-bond acceptors (Lipinski definition) is 2. The fourth-order valence-corrected chi connectivity index (χ4v) is 1.72. The lowest BCUT2D eigenvalue weighted by atomic mass is 9.94. The normalized spacial score (nSPS) is 41.6. The summed E-state index contributed by atoms with van der Waals surface area (Å²) >= 11 is 0. The van der Waals surface area contributed by atoms with Gasteiger partial charge in [0, 0.05) is 19.3 Å². The molecule has 0 saturated carbocycles. The summed E-state index contributed by atoms with van der Waals surface area (Å²) in [6.07, 6.45) is 8.34. The van der Waals surface area contributed by atoms with Crippen LogP contribution in [-0.2, 0) is 0 Å². The second-order valence-corrected chi connectivity index (χ2v) is 3.20. The zero-order valence-electron chi connectivity index (χ0n) is 6.21. The van der Waals surface area contributed by atoms with Gasteiger partial charge in [-0.05, 0) is 25.2 Å². The summed E-state index contributed by atoms with van der Waals surface area (Å²) in [5.74, 6) is 0.967. The van der Waals surface area contributed by atoms with Gasteiger partial charge in [-0.25, -0.2) is 5.01 Å². The van der Waals surface area contributed by atoms with E-state index in [9.17, 15) is 0 Å². The predicted molar refractivity (Wildman–Crippen MR) is 41.2 cm³/mol. The molecule has 0 atom stereocenters. The lowest BCUT2D eigenvalue weighted by molar-refractivity contribution is 0.141. The zero-order chi connectivity index (χ0) is 6.81. The fourth-order valence-electron chi connectivity index (χ4n) is 1.72. The Hall–Kier alpha value is -0.500. The summed E-state index contributed by atoms with van der Waals surface area (Å²) in [5.41, 5.74) is 3.26. The number of rotatable bonds is 0. The number of fused-ring (bicyclic) bond motifs is 4. The van der Waals surface area contributed by atoms with Gasteiger partial charge in [0.15, 0.2) is 0 Å². The highest BCUT2D eigenvalue weighted by Crippen LogP contribution is 2.20. The van der Waals surface area contributed by atoms with Crippen molar-refractivity contribution in [3.05, 3.63) is 12.3 Å². The quantitative estimate of drug-likeness (QED) is 0.539. The maximum Gasteiger partial charge on any atom is 0.0181 e. The first-order valence-electron chi connectivity index (χ1n) is 4.11. The molecular weight excluding hydrogens is 124 g/mol. The zero-order valence-corrected chi connectivity index (χ0v) is 6.21. The van der Waals surface area contributed by atoms with E-state index in [0.717, 1.165) is 5.92 Å². The summed E-state index contributed by atoms with van der Waals surface area (Å²) in [6, 6.07) is 0. The van der Waals surface area contributed by atoms with E-state index in [-0.39, 0.29) is 0 Å². The standard InChI is InChI=1S/C8H14N2/c1-2-8-3-6-10(7-4-8)9-5-1/h1,5,8-9H,2-4,6-7H2/b5-1-. The Labute approximate surface area is 61.9 Å². The van der Waals surface area contributed by atoms with Crippen LogP contribution < -0.4 is 5.43 Å². The van der Waals surface area contributed by atoms with Crippen LogP contribution in [0, 0.1) is 5.92 Å². The third kappa shape index (κ3) is 1.16. The van der Waals surface area contributed by atoms with Gasteiger partial charge in [0.2, 0.25) is 0 Å². The van der Waals surface area contributed by atoms with E-state index in [1.165, 1.54) is 32.4 Å². The molecule has 0 radical (unpaired) electrons. The predicted octanol–water partition coefficient (Wildman–Crippen LogP) is 1.12. The molecule has 0 spiro atoms. The van der Waals surface area contributed by atoms with Crippen LogP contribution in [0.3, 0.4) is 0 Å². The van der Waals surface area contributed by atoms with Gasteiger partial charge in [0.05, 0.1) is 0 Å². The van der Waals surface area contributed by atoms with Crippen LogP contribution in [0.5, 0.6) is 0 Å². The number of nitrogens with zero attached hydrogens (tertiary/aromatic N) is 1. The van der Waals surface area contributed by atoms with Gasteiger partial charge in [-0.1, -0.05) is 6.08 Å². The average Bonchev–Trinajstić information content (AvgIpc) is 1.89. The van der Waals surface area contributed by atoms with Crippen LogP contribution >= 0.6 is 0 Å². The summed E-state index contributed by atoms with van der Waals surface area (Å²) in [5, 5.41) is 2.30. The first kappa shape index (κ1) is 6.23.